The molecule has 0 aromatic heterocycles. The van der Waals surface area contributed by atoms with Gasteiger partial charge in [-0.05, 0) is 42.0 Å². The lowest BCUT2D eigenvalue weighted by Gasteiger charge is -2.26. The lowest BCUT2D eigenvalue weighted by molar-refractivity contribution is 0.0730. The van der Waals surface area contributed by atoms with Crippen molar-refractivity contribution in [3.63, 3.8) is 0 Å². The van der Waals surface area contributed by atoms with Crippen molar-refractivity contribution in [1.82, 2.24) is 9.62 Å². The standard InChI is InChI=1S/C20H22ClN3O5S/c1-28-16-4-2-3-15(13-16)7-8-22-20(25)23-19-14-17(5-6-18(19)21)30(26,27)24-9-11-29-12-10-24/h2-8,13-14H,9-12H2,1H3,(H2,22,23,25)/b8-7+. The molecule has 0 unspecified atom stereocenters. The molecule has 0 saturated carbocycles. The topological polar surface area (TPSA) is 97.0 Å². The van der Waals surface area contributed by atoms with Gasteiger partial charge in [0.2, 0.25) is 10.0 Å². The normalized spacial score (nSPS) is 15.1. The minimum atomic E-state index is -3.70. The number of methoxy groups -OCH3 is 1. The van der Waals surface area contributed by atoms with Crippen LogP contribution in [0, 0.1) is 0 Å². The van der Waals surface area contributed by atoms with Crippen LogP contribution < -0.4 is 15.4 Å². The van der Waals surface area contributed by atoms with Crippen LogP contribution in [-0.2, 0) is 14.8 Å². The van der Waals surface area contributed by atoms with Crippen LogP contribution in [0.4, 0.5) is 10.5 Å². The summed E-state index contributed by atoms with van der Waals surface area (Å²) >= 11 is 6.14. The number of amides is 2. The van der Waals surface area contributed by atoms with Crippen molar-refractivity contribution >= 4 is 39.4 Å². The second-order valence-corrected chi connectivity index (χ2v) is 8.71. The second kappa shape index (κ2) is 9.94. The maximum absolute atomic E-state index is 12.8. The maximum Gasteiger partial charge on any atom is 0.323 e. The Kier molecular flexibility index (Phi) is 7.33. The lowest BCUT2D eigenvalue weighted by Crippen LogP contribution is -2.40. The van der Waals surface area contributed by atoms with Gasteiger partial charge >= 0.3 is 6.03 Å². The number of morpholine rings is 1. The number of rotatable bonds is 6. The van der Waals surface area contributed by atoms with E-state index in [1.54, 1.807) is 13.2 Å². The number of carbonyl (C=O) groups is 1. The number of benzene rings is 2. The number of hydrogen-bond acceptors (Lipinski definition) is 5. The smallest absolute Gasteiger partial charge is 0.323 e. The van der Waals surface area contributed by atoms with Gasteiger partial charge in [-0.25, -0.2) is 13.2 Å². The molecule has 0 radical (unpaired) electrons. The number of halogens is 1. The zero-order valence-corrected chi connectivity index (χ0v) is 17.9. The van der Waals surface area contributed by atoms with E-state index in [-0.39, 0.29) is 28.7 Å². The van der Waals surface area contributed by atoms with Gasteiger partial charge in [-0.2, -0.15) is 4.31 Å². The number of sulfonamides is 1. The first kappa shape index (κ1) is 22.1. The molecule has 2 aromatic carbocycles. The molecule has 160 valence electrons. The van der Waals surface area contributed by atoms with E-state index >= 15 is 0 Å². The van der Waals surface area contributed by atoms with Crippen LogP contribution in [0.1, 0.15) is 5.56 Å². The molecule has 3 rings (SSSR count). The zero-order valence-electron chi connectivity index (χ0n) is 16.3. The van der Waals surface area contributed by atoms with Gasteiger partial charge in [0.1, 0.15) is 5.75 Å². The summed E-state index contributed by atoms with van der Waals surface area (Å²) in [6, 6.07) is 11.0. The summed E-state index contributed by atoms with van der Waals surface area (Å²) in [5.41, 5.74) is 1.03. The molecule has 0 spiro atoms. The van der Waals surface area contributed by atoms with Crippen molar-refractivity contribution in [3.05, 3.63) is 59.3 Å². The van der Waals surface area contributed by atoms with Crippen molar-refractivity contribution in [2.45, 2.75) is 4.90 Å². The van der Waals surface area contributed by atoms with E-state index in [0.29, 0.717) is 19.0 Å². The SMILES string of the molecule is COc1cccc(/C=C/NC(=O)Nc2cc(S(=O)(=O)N3CCOCC3)ccc2Cl)c1. The summed E-state index contributed by atoms with van der Waals surface area (Å²) in [6.07, 6.45) is 3.16. The fourth-order valence-electron chi connectivity index (χ4n) is 2.81. The van der Waals surface area contributed by atoms with E-state index in [4.69, 9.17) is 21.1 Å². The van der Waals surface area contributed by atoms with Gasteiger partial charge in [0.05, 0.1) is 35.9 Å². The third kappa shape index (κ3) is 5.51. The molecule has 1 aliphatic rings. The van der Waals surface area contributed by atoms with Crippen molar-refractivity contribution in [1.29, 1.82) is 0 Å². The molecule has 1 fully saturated rings. The maximum atomic E-state index is 12.8. The van der Waals surface area contributed by atoms with Gasteiger partial charge in [-0.3, -0.25) is 0 Å². The molecular weight excluding hydrogens is 430 g/mol. The van der Waals surface area contributed by atoms with Gasteiger partial charge in [-0.15, -0.1) is 0 Å². The number of anilines is 1. The van der Waals surface area contributed by atoms with E-state index in [9.17, 15) is 13.2 Å². The summed E-state index contributed by atoms with van der Waals surface area (Å²) < 4.78 is 37.3. The monoisotopic (exact) mass is 451 g/mol. The largest absolute Gasteiger partial charge is 0.497 e. The molecule has 0 bridgehead atoms. The Morgan fingerprint density at radius 1 is 1.20 bits per heavy atom. The number of urea groups is 1. The summed E-state index contributed by atoms with van der Waals surface area (Å²) in [7, 11) is -2.12. The Morgan fingerprint density at radius 2 is 1.97 bits per heavy atom. The van der Waals surface area contributed by atoms with Crippen molar-refractivity contribution in [2.75, 3.05) is 38.7 Å². The Hall–Kier alpha value is -2.59. The van der Waals surface area contributed by atoms with Gasteiger partial charge < -0.3 is 20.1 Å². The second-order valence-electron chi connectivity index (χ2n) is 6.37. The minimum Gasteiger partial charge on any atom is -0.497 e. The van der Waals surface area contributed by atoms with Gasteiger partial charge in [0.15, 0.2) is 0 Å². The third-order valence-electron chi connectivity index (χ3n) is 4.38. The zero-order chi connectivity index (χ0) is 21.6. The average Bonchev–Trinajstić information content (AvgIpc) is 2.76. The highest BCUT2D eigenvalue weighted by atomic mass is 35.5. The quantitative estimate of drug-likeness (QED) is 0.703. The highest BCUT2D eigenvalue weighted by molar-refractivity contribution is 7.89. The van der Waals surface area contributed by atoms with Gasteiger partial charge in [0.25, 0.3) is 0 Å². The fraction of sp³-hybridized carbons (Fsp3) is 0.250. The lowest BCUT2D eigenvalue weighted by atomic mass is 10.2. The van der Waals surface area contributed by atoms with Crippen LogP contribution in [0.2, 0.25) is 5.02 Å². The molecule has 10 heteroatoms. The fourth-order valence-corrected chi connectivity index (χ4v) is 4.41. The molecule has 1 aliphatic heterocycles. The Morgan fingerprint density at radius 3 is 2.70 bits per heavy atom. The number of ether oxygens (including phenoxy) is 2. The van der Waals surface area contributed by atoms with E-state index in [0.717, 1.165) is 5.56 Å². The molecule has 8 nitrogen and oxygen atoms in total. The predicted molar refractivity (Wildman–Crippen MR) is 115 cm³/mol. The minimum absolute atomic E-state index is 0.0519. The first-order valence-electron chi connectivity index (χ1n) is 9.16. The highest BCUT2D eigenvalue weighted by Gasteiger charge is 2.27. The summed E-state index contributed by atoms with van der Waals surface area (Å²) in [5, 5.41) is 5.35. The molecule has 30 heavy (non-hydrogen) atoms. The summed E-state index contributed by atoms with van der Waals surface area (Å²) in [5.74, 6) is 0.701. The molecule has 0 atom stereocenters. The van der Waals surface area contributed by atoms with Crippen LogP contribution in [-0.4, -0.2) is 52.2 Å². The van der Waals surface area contributed by atoms with Gasteiger partial charge in [-0.1, -0.05) is 23.7 Å². The number of carbonyl (C=O) groups excluding carboxylic acids is 1. The van der Waals surface area contributed by atoms with Crippen molar-refractivity contribution in [3.8, 4) is 5.75 Å². The molecule has 2 aromatic rings. The third-order valence-corrected chi connectivity index (χ3v) is 6.60. The van der Waals surface area contributed by atoms with Crippen molar-refractivity contribution in [2.24, 2.45) is 0 Å². The van der Waals surface area contributed by atoms with Crippen LogP contribution >= 0.6 is 11.6 Å². The summed E-state index contributed by atoms with van der Waals surface area (Å²) in [6.45, 7) is 1.26. The predicted octanol–water partition coefficient (Wildman–Crippen LogP) is 3.16. The van der Waals surface area contributed by atoms with Crippen LogP contribution in [0.3, 0.4) is 0 Å². The van der Waals surface area contributed by atoms with Crippen LogP contribution in [0.25, 0.3) is 6.08 Å². The van der Waals surface area contributed by atoms with E-state index in [2.05, 4.69) is 10.6 Å². The Bertz CT molecular complexity index is 1040. The summed E-state index contributed by atoms with van der Waals surface area (Å²) in [4.78, 5) is 12.3. The molecule has 2 amide bonds. The first-order chi connectivity index (χ1) is 14.4. The Labute approximate surface area is 180 Å². The average molecular weight is 452 g/mol. The first-order valence-corrected chi connectivity index (χ1v) is 11.0. The van der Waals surface area contributed by atoms with E-state index in [1.807, 2.05) is 24.3 Å². The van der Waals surface area contributed by atoms with Crippen LogP contribution in [0.15, 0.2) is 53.6 Å². The molecule has 1 saturated heterocycles. The van der Waals surface area contributed by atoms with Gasteiger partial charge in [0, 0.05) is 19.3 Å². The number of nitrogens with zero attached hydrogens (tertiary/aromatic N) is 1. The van der Waals surface area contributed by atoms with Crippen molar-refractivity contribution < 1.29 is 22.7 Å². The molecule has 2 N–H and O–H groups in total. The number of hydrogen-bond donors (Lipinski definition) is 2. The van der Waals surface area contributed by atoms with E-state index < -0.39 is 16.1 Å². The number of nitrogens with one attached hydrogen (secondary N) is 2. The Balaban J connectivity index is 1.67. The van der Waals surface area contributed by atoms with E-state index in [1.165, 1.54) is 28.7 Å². The molecular formula is C20H22ClN3O5S. The molecule has 1 heterocycles. The van der Waals surface area contributed by atoms with Crippen LogP contribution in [0.5, 0.6) is 5.75 Å². The highest BCUT2D eigenvalue weighted by Crippen LogP contribution is 2.27. The molecule has 0 aliphatic carbocycles.